The number of rotatable bonds is 15. The summed E-state index contributed by atoms with van der Waals surface area (Å²) in [7, 11) is 0. The molecule has 0 aliphatic heterocycles. The van der Waals surface area contributed by atoms with Gasteiger partial charge < -0.3 is 40.9 Å². The van der Waals surface area contributed by atoms with Gasteiger partial charge in [0.1, 0.15) is 0 Å². The zero-order valence-corrected chi connectivity index (χ0v) is 37.0. The Morgan fingerprint density at radius 1 is 0.475 bits per heavy atom. The van der Waals surface area contributed by atoms with Gasteiger partial charge in [0.05, 0.1) is 45.7 Å². The van der Waals surface area contributed by atoms with Crippen LogP contribution in [0.3, 0.4) is 0 Å². The molecule has 0 heterocycles. The van der Waals surface area contributed by atoms with Crippen molar-refractivity contribution in [2.75, 3.05) is 0 Å². The van der Waals surface area contributed by atoms with Gasteiger partial charge in [0.2, 0.25) is 0 Å². The first kappa shape index (κ1) is 57.7. The molecule has 4 aromatic carbocycles. The molecule has 4 atom stereocenters. The summed E-state index contributed by atoms with van der Waals surface area (Å²) in [6.07, 6.45) is 4.36. The summed E-state index contributed by atoms with van der Waals surface area (Å²) in [6, 6.07) is 33.2. The van der Waals surface area contributed by atoms with E-state index in [0.717, 1.165) is 19.3 Å². The Labute approximate surface area is 362 Å². The van der Waals surface area contributed by atoms with Crippen molar-refractivity contribution in [1.29, 1.82) is 0 Å². The molecule has 0 fully saturated rings. The van der Waals surface area contributed by atoms with Gasteiger partial charge in [-0.2, -0.15) is 0 Å². The van der Waals surface area contributed by atoms with Crippen molar-refractivity contribution in [3.63, 3.8) is 0 Å². The van der Waals surface area contributed by atoms with Crippen molar-refractivity contribution in [3.05, 3.63) is 144 Å². The Bertz CT molecular complexity index is 1530. The summed E-state index contributed by atoms with van der Waals surface area (Å²) in [5.74, 6) is -3.33. The molecule has 338 valence electrons. The fraction of sp³-hybridized carbons (Fsp3) is 0.429. The molecule has 4 rings (SSSR count). The molecule has 0 bridgehead atoms. The number of hydrogen-bond donors (Lipinski definition) is 8. The van der Waals surface area contributed by atoms with E-state index in [1.807, 2.05) is 48.5 Å². The summed E-state index contributed by atoms with van der Waals surface area (Å²) in [5.41, 5.74) is -0.0374. The van der Waals surface area contributed by atoms with Crippen LogP contribution in [-0.4, -0.2) is 88.1 Å². The lowest BCUT2D eigenvalue weighted by Gasteiger charge is -2.35. The van der Waals surface area contributed by atoms with Gasteiger partial charge >= 0.3 is 23.9 Å². The van der Waals surface area contributed by atoms with Crippen LogP contribution in [-0.2, 0) is 0 Å². The fourth-order valence-electron chi connectivity index (χ4n) is 5.54. The summed E-state index contributed by atoms with van der Waals surface area (Å²) in [6.45, 7) is 15.8. The summed E-state index contributed by atoms with van der Waals surface area (Å²) in [5, 5.41) is 72.9. The normalized spacial score (nSPS) is 12.7. The molecule has 4 unspecified atom stereocenters. The van der Waals surface area contributed by atoms with E-state index in [9.17, 15) is 39.6 Å². The highest BCUT2D eigenvalue weighted by molar-refractivity contribution is 5.88. The monoisotopic (exact) mass is 850 g/mol. The van der Waals surface area contributed by atoms with Gasteiger partial charge in [-0.3, -0.25) is 0 Å². The van der Waals surface area contributed by atoms with Crippen LogP contribution >= 0.6 is 0 Å². The maximum Gasteiger partial charge on any atom is 0.335 e. The Morgan fingerprint density at radius 3 is 0.918 bits per heavy atom. The van der Waals surface area contributed by atoms with E-state index in [1.54, 1.807) is 121 Å². The van der Waals surface area contributed by atoms with Gasteiger partial charge in [-0.25, -0.2) is 19.2 Å². The first-order valence-corrected chi connectivity index (χ1v) is 20.6. The molecule has 4 aromatic rings. The molecule has 12 heteroatoms. The number of hydrogen-bond acceptors (Lipinski definition) is 8. The van der Waals surface area contributed by atoms with Crippen molar-refractivity contribution < 1.29 is 60.0 Å². The molecule has 12 nitrogen and oxygen atoms in total. The molecular formula is C49H70O12. The van der Waals surface area contributed by atoms with E-state index < -0.39 is 35.1 Å². The van der Waals surface area contributed by atoms with Crippen molar-refractivity contribution >= 4 is 23.9 Å². The van der Waals surface area contributed by atoms with Gasteiger partial charge in [0.25, 0.3) is 0 Å². The number of aromatic carboxylic acids is 4. The molecule has 8 N–H and O–H groups in total. The third kappa shape index (κ3) is 25.1. The Morgan fingerprint density at radius 2 is 0.754 bits per heavy atom. The van der Waals surface area contributed by atoms with Crippen molar-refractivity contribution in [2.45, 2.75) is 124 Å². The quantitative estimate of drug-likeness (QED) is 0.0559. The number of carboxylic acid groups (broad SMARTS) is 4. The molecule has 0 saturated carbocycles. The van der Waals surface area contributed by atoms with Crippen molar-refractivity contribution in [1.82, 2.24) is 0 Å². The number of carbonyl (C=O) groups is 4. The standard InChI is InChI=1S/C11H24O2.C10H22O2.4C7H6O2/c1-5-7-11(13,9(3)4)8-10(12)6-2;1-5-9(11)8(4)10(12,6-2)7-3;4*8-7(9)6-4-2-1-3-5-6/h9-10,12-13H,5-8H2,1-4H3;8-9,11-12H,5-7H2,1-4H3;4*1-5H,(H,8,9). The predicted molar refractivity (Wildman–Crippen MR) is 240 cm³/mol. The smallest absolute Gasteiger partial charge is 0.335 e. The first-order valence-electron chi connectivity index (χ1n) is 20.6. The van der Waals surface area contributed by atoms with E-state index >= 15 is 0 Å². The van der Waals surface area contributed by atoms with Gasteiger partial charge in [-0.1, -0.05) is 135 Å². The second kappa shape index (κ2) is 32.4. The number of carboxylic acids is 4. The van der Waals surface area contributed by atoms with Crippen LogP contribution in [0.15, 0.2) is 121 Å². The highest BCUT2D eigenvalue weighted by Gasteiger charge is 2.34. The molecule has 0 aromatic heterocycles. The van der Waals surface area contributed by atoms with E-state index in [2.05, 4.69) is 6.92 Å². The second-order valence-corrected chi connectivity index (χ2v) is 14.5. The van der Waals surface area contributed by atoms with Crippen LogP contribution in [0.1, 0.15) is 142 Å². The lowest BCUT2D eigenvalue weighted by molar-refractivity contribution is -0.0695. The van der Waals surface area contributed by atoms with Crippen LogP contribution in [0.2, 0.25) is 0 Å². The minimum atomic E-state index is -0.879. The van der Waals surface area contributed by atoms with E-state index in [4.69, 9.17) is 20.4 Å². The van der Waals surface area contributed by atoms with Crippen LogP contribution in [0.4, 0.5) is 0 Å². The minimum absolute atomic E-state index is 0.0301. The summed E-state index contributed by atoms with van der Waals surface area (Å²) < 4.78 is 0. The summed E-state index contributed by atoms with van der Waals surface area (Å²) in [4.78, 5) is 40.8. The van der Waals surface area contributed by atoms with Crippen molar-refractivity contribution in [3.8, 4) is 0 Å². The number of benzene rings is 4. The largest absolute Gasteiger partial charge is 0.478 e. The predicted octanol–water partition coefficient (Wildman–Crippen LogP) is 9.82. The Balaban J connectivity index is 0. The van der Waals surface area contributed by atoms with Crippen LogP contribution in [0.5, 0.6) is 0 Å². The zero-order chi connectivity index (χ0) is 47.0. The van der Waals surface area contributed by atoms with E-state index in [0.29, 0.717) is 47.9 Å². The first-order chi connectivity index (χ1) is 28.7. The average molecular weight is 851 g/mol. The van der Waals surface area contributed by atoms with Crippen LogP contribution in [0, 0.1) is 11.8 Å². The third-order valence-corrected chi connectivity index (χ3v) is 9.97. The Hall–Kier alpha value is -5.40. The van der Waals surface area contributed by atoms with E-state index in [1.165, 1.54) is 0 Å². The number of aliphatic hydroxyl groups is 4. The highest BCUT2D eigenvalue weighted by Crippen LogP contribution is 2.29. The van der Waals surface area contributed by atoms with Crippen molar-refractivity contribution in [2.24, 2.45) is 11.8 Å². The van der Waals surface area contributed by atoms with Gasteiger partial charge in [-0.05, 0) is 86.6 Å². The molecule has 0 spiro atoms. The lowest BCUT2D eigenvalue weighted by Crippen LogP contribution is -2.41. The minimum Gasteiger partial charge on any atom is -0.478 e. The average Bonchev–Trinajstić information content (AvgIpc) is 3.27. The van der Waals surface area contributed by atoms with Crippen LogP contribution < -0.4 is 0 Å². The SMILES string of the molecule is CCC(O)C(C)C(O)(CC)CC.CCCC(O)(CC(O)CC)C(C)C.O=C(O)c1ccccc1.O=C(O)c1ccccc1.O=C(O)c1ccccc1.O=C(O)c1ccccc1. The van der Waals surface area contributed by atoms with E-state index in [-0.39, 0.29) is 24.0 Å². The zero-order valence-electron chi connectivity index (χ0n) is 37.0. The van der Waals surface area contributed by atoms with Gasteiger partial charge in [0.15, 0.2) is 0 Å². The molecule has 0 aliphatic carbocycles. The highest BCUT2D eigenvalue weighted by atomic mass is 16.4. The number of aliphatic hydroxyl groups excluding tert-OH is 2. The molecular weight excluding hydrogens is 781 g/mol. The lowest BCUT2D eigenvalue weighted by atomic mass is 9.80. The maximum atomic E-state index is 10.2. The maximum absolute atomic E-state index is 10.2. The molecule has 0 aliphatic rings. The fourth-order valence-corrected chi connectivity index (χ4v) is 5.54. The molecule has 61 heavy (non-hydrogen) atoms. The van der Waals surface area contributed by atoms with Gasteiger partial charge in [0, 0.05) is 12.3 Å². The third-order valence-electron chi connectivity index (χ3n) is 9.97. The molecule has 0 radical (unpaired) electrons. The Kier molecular flexibility index (Phi) is 30.6. The topological polar surface area (TPSA) is 230 Å². The summed E-state index contributed by atoms with van der Waals surface area (Å²) >= 11 is 0. The van der Waals surface area contributed by atoms with Crippen LogP contribution in [0.25, 0.3) is 0 Å². The molecule has 0 amide bonds. The second-order valence-electron chi connectivity index (χ2n) is 14.5. The van der Waals surface area contributed by atoms with Gasteiger partial charge in [-0.15, -0.1) is 0 Å². The molecule has 0 saturated heterocycles.